The maximum absolute atomic E-state index is 12.3. The summed E-state index contributed by atoms with van der Waals surface area (Å²) in [6.45, 7) is 2.05. The number of aliphatic carboxylic acids is 1. The molecule has 6 nitrogen and oxygen atoms in total. The van der Waals surface area contributed by atoms with E-state index in [1.54, 1.807) is 36.8 Å². The van der Waals surface area contributed by atoms with Gasteiger partial charge >= 0.3 is 5.97 Å². The molecule has 0 radical (unpaired) electrons. The number of hydrogen-bond donors (Lipinski definition) is 1. The van der Waals surface area contributed by atoms with Crippen LogP contribution >= 0.6 is 0 Å². The van der Waals surface area contributed by atoms with Crippen LogP contribution in [0, 0.1) is 0 Å². The number of nitrogens with zero attached hydrogens (tertiary/aromatic N) is 3. The highest BCUT2D eigenvalue weighted by Gasteiger charge is 2.17. The van der Waals surface area contributed by atoms with E-state index in [0.29, 0.717) is 18.5 Å². The van der Waals surface area contributed by atoms with Gasteiger partial charge in [0.25, 0.3) is 5.91 Å². The fourth-order valence-corrected chi connectivity index (χ4v) is 2.06. The van der Waals surface area contributed by atoms with E-state index in [0.717, 1.165) is 5.69 Å². The first-order valence-corrected chi connectivity index (χ1v) is 6.71. The lowest BCUT2D eigenvalue weighted by Crippen LogP contribution is -2.36. The van der Waals surface area contributed by atoms with Crippen LogP contribution in [0.4, 0.5) is 0 Å². The predicted molar refractivity (Wildman–Crippen MR) is 77.4 cm³/mol. The molecule has 0 aliphatic rings. The van der Waals surface area contributed by atoms with Crippen LogP contribution in [-0.2, 0) is 4.79 Å². The highest BCUT2D eigenvalue weighted by molar-refractivity contribution is 5.96. The van der Waals surface area contributed by atoms with Gasteiger partial charge in [0.1, 0.15) is 6.54 Å². The van der Waals surface area contributed by atoms with Gasteiger partial charge in [-0.3, -0.25) is 9.59 Å². The highest BCUT2D eigenvalue weighted by atomic mass is 16.4. The van der Waals surface area contributed by atoms with Crippen LogP contribution in [0.2, 0.25) is 0 Å². The standard InChI is InChI=1S/C15H17N3O3/c1-2-8-17(10-14(19)20)15(21)12-3-5-13(6-4-12)18-9-7-16-11-18/h3-7,9,11H,2,8,10H2,1H3,(H,19,20). The minimum absolute atomic E-state index is 0.267. The molecule has 0 fully saturated rings. The summed E-state index contributed by atoms with van der Waals surface area (Å²) in [5.41, 5.74) is 1.37. The Hall–Kier alpha value is -2.63. The zero-order chi connectivity index (χ0) is 15.2. The second-order valence-electron chi connectivity index (χ2n) is 4.64. The minimum Gasteiger partial charge on any atom is -0.480 e. The number of amides is 1. The van der Waals surface area contributed by atoms with E-state index < -0.39 is 5.97 Å². The zero-order valence-corrected chi connectivity index (χ0v) is 11.8. The summed E-state index contributed by atoms with van der Waals surface area (Å²) < 4.78 is 1.83. The van der Waals surface area contributed by atoms with Crippen molar-refractivity contribution in [1.82, 2.24) is 14.5 Å². The van der Waals surface area contributed by atoms with Crippen molar-refractivity contribution >= 4 is 11.9 Å². The lowest BCUT2D eigenvalue weighted by Gasteiger charge is -2.20. The van der Waals surface area contributed by atoms with Crippen LogP contribution in [0.25, 0.3) is 5.69 Å². The molecular weight excluding hydrogens is 270 g/mol. The first kappa shape index (κ1) is 14.8. The van der Waals surface area contributed by atoms with Gasteiger partial charge in [-0.2, -0.15) is 0 Å². The number of rotatable bonds is 6. The Kier molecular flexibility index (Phi) is 4.71. The Bertz CT molecular complexity index is 606. The van der Waals surface area contributed by atoms with E-state index in [-0.39, 0.29) is 12.5 Å². The van der Waals surface area contributed by atoms with Gasteiger partial charge in [-0.25, -0.2) is 4.98 Å². The van der Waals surface area contributed by atoms with Crippen LogP contribution in [0.15, 0.2) is 43.0 Å². The Labute approximate surface area is 122 Å². The monoisotopic (exact) mass is 287 g/mol. The summed E-state index contributed by atoms with van der Waals surface area (Å²) >= 11 is 0. The second-order valence-corrected chi connectivity index (χ2v) is 4.64. The molecule has 0 spiro atoms. The fraction of sp³-hybridized carbons (Fsp3) is 0.267. The number of hydrogen-bond acceptors (Lipinski definition) is 3. The number of aromatic nitrogens is 2. The van der Waals surface area contributed by atoms with Gasteiger partial charge in [0.05, 0.1) is 6.33 Å². The van der Waals surface area contributed by atoms with E-state index in [2.05, 4.69) is 4.98 Å². The Morgan fingerprint density at radius 1 is 1.29 bits per heavy atom. The Morgan fingerprint density at radius 3 is 2.52 bits per heavy atom. The van der Waals surface area contributed by atoms with Crippen molar-refractivity contribution in [3.8, 4) is 5.69 Å². The summed E-state index contributed by atoms with van der Waals surface area (Å²) in [4.78, 5) is 28.4. The summed E-state index contributed by atoms with van der Waals surface area (Å²) in [6.07, 6.45) is 5.87. The number of carboxylic acid groups (broad SMARTS) is 1. The van der Waals surface area contributed by atoms with Crippen molar-refractivity contribution in [1.29, 1.82) is 0 Å². The predicted octanol–water partition coefficient (Wildman–Crippen LogP) is 1.81. The van der Waals surface area contributed by atoms with Crippen molar-refractivity contribution in [2.75, 3.05) is 13.1 Å². The second kappa shape index (κ2) is 6.69. The molecule has 0 unspecified atom stereocenters. The minimum atomic E-state index is -1.01. The maximum atomic E-state index is 12.3. The highest BCUT2D eigenvalue weighted by Crippen LogP contribution is 2.11. The van der Waals surface area contributed by atoms with Gasteiger partial charge < -0.3 is 14.6 Å². The van der Waals surface area contributed by atoms with E-state index in [1.165, 1.54) is 4.90 Å². The molecule has 1 heterocycles. The van der Waals surface area contributed by atoms with Gasteiger partial charge in [-0.05, 0) is 30.7 Å². The van der Waals surface area contributed by atoms with Crippen LogP contribution < -0.4 is 0 Å². The van der Waals surface area contributed by atoms with Gasteiger partial charge in [-0.1, -0.05) is 6.92 Å². The summed E-state index contributed by atoms with van der Waals surface area (Å²) in [6, 6.07) is 7.00. The Balaban J connectivity index is 2.16. The van der Waals surface area contributed by atoms with Crippen molar-refractivity contribution in [3.63, 3.8) is 0 Å². The molecule has 0 saturated heterocycles. The lowest BCUT2D eigenvalue weighted by atomic mass is 10.1. The topological polar surface area (TPSA) is 75.4 Å². The molecule has 0 atom stereocenters. The molecule has 1 N–H and O–H groups in total. The molecule has 0 aliphatic heterocycles. The average Bonchev–Trinajstić information content (AvgIpc) is 3.00. The number of carbonyl (C=O) groups excluding carboxylic acids is 1. The largest absolute Gasteiger partial charge is 0.480 e. The van der Waals surface area contributed by atoms with Crippen molar-refractivity contribution in [2.24, 2.45) is 0 Å². The summed E-state index contributed by atoms with van der Waals surface area (Å²) in [5.74, 6) is -1.27. The maximum Gasteiger partial charge on any atom is 0.323 e. The van der Waals surface area contributed by atoms with Crippen LogP contribution in [0.5, 0.6) is 0 Å². The molecule has 0 bridgehead atoms. The first-order valence-electron chi connectivity index (χ1n) is 6.71. The SMILES string of the molecule is CCCN(CC(=O)O)C(=O)c1ccc(-n2ccnc2)cc1. The molecule has 6 heteroatoms. The van der Waals surface area contributed by atoms with Crippen LogP contribution in [0.3, 0.4) is 0 Å². The molecule has 1 aromatic carbocycles. The smallest absolute Gasteiger partial charge is 0.323 e. The molecule has 0 saturated carbocycles. The first-order chi connectivity index (χ1) is 10.1. The third-order valence-electron chi connectivity index (χ3n) is 3.02. The number of carbonyl (C=O) groups is 2. The average molecular weight is 287 g/mol. The van der Waals surface area contributed by atoms with Gasteiger partial charge in [0.15, 0.2) is 0 Å². The molecule has 1 aromatic heterocycles. The normalized spacial score (nSPS) is 10.3. The fourth-order valence-electron chi connectivity index (χ4n) is 2.06. The third-order valence-corrected chi connectivity index (χ3v) is 3.02. The molecule has 2 rings (SSSR count). The summed E-state index contributed by atoms with van der Waals surface area (Å²) in [5, 5.41) is 8.87. The third kappa shape index (κ3) is 3.68. The van der Waals surface area contributed by atoms with Crippen LogP contribution in [-0.4, -0.2) is 44.5 Å². The van der Waals surface area contributed by atoms with E-state index >= 15 is 0 Å². The number of imidazole rings is 1. The van der Waals surface area contributed by atoms with E-state index in [9.17, 15) is 9.59 Å². The quantitative estimate of drug-likeness (QED) is 0.879. The number of benzene rings is 1. The number of carboxylic acids is 1. The van der Waals surface area contributed by atoms with Gasteiger partial charge in [0, 0.05) is 30.2 Å². The molecule has 0 aliphatic carbocycles. The molecular formula is C15H17N3O3. The van der Waals surface area contributed by atoms with Crippen molar-refractivity contribution < 1.29 is 14.7 Å². The molecule has 110 valence electrons. The van der Waals surface area contributed by atoms with E-state index in [4.69, 9.17) is 5.11 Å². The molecule has 21 heavy (non-hydrogen) atoms. The van der Waals surface area contributed by atoms with Crippen molar-refractivity contribution in [2.45, 2.75) is 13.3 Å². The lowest BCUT2D eigenvalue weighted by molar-refractivity contribution is -0.137. The molecule has 1 amide bonds. The van der Waals surface area contributed by atoms with Gasteiger partial charge in [0.2, 0.25) is 0 Å². The molecule has 2 aromatic rings. The van der Waals surface area contributed by atoms with Crippen molar-refractivity contribution in [3.05, 3.63) is 48.5 Å². The zero-order valence-electron chi connectivity index (χ0n) is 11.8. The Morgan fingerprint density at radius 2 is 2.00 bits per heavy atom. The summed E-state index contributed by atoms with van der Waals surface area (Å²) in [7, 11) is 0. The van der Waals surface area contributed by atoms with Gasteiger partial charge in [-0.15, -0.1) is 0 Å². The van der Waals surface area contributed by atoms with Crippen LogP contribution in [0.1, 0.15) is 23.7 Å². The van der Waals surface area contributed by atoms with E-state index in [1.807, 2.05) is 17.7 Å².